The molecule has 0 atom stereocenters. The van der Waals surface area contributed by atoms with Crippen molar-refractivity contribution in [2.45, 2.75) is 19.9 Å². The summed E-state index contributed by atoms with van der Waals surface area (Å²) in [6, 6.07) is 7.97. The van der Waals surface area contributed by atoms with Crippen LogP contribution in [0.1, 0.15) is 18.4 Å². The van der Waals surface area contributed by atoms with E-state index in [1.54, 1.807) is 0 Å². The van der Waals surface area contributed by atoms with Gasteiger partial charge in [0.05, 0.1) is 0 Å². The van der Waals surface area contributed by atoms with Crippen LogP contribution in [0.5, 0.6) is 0 Å². The van der Waals surface area contributed by atoms with Crippen molar-refractivity contribution in [1.82, 2.24) is 19.9 Å². The van der Waals surface area contributed by atoms with Gasteiger partial charge in [-0.15, -0.1) is 12.4 Å². The largest absolute Gasteiger partial charge is 0.339 e. The normalized spacial score (nSPS) is 16.1. The van der Waals surface area contributed by atoms with E-state index in [0.29, 0.717) is 18.3 Å². The zero-order valence-electron chi connectivity index (χ0n) is 14.1. The van der Waals surface area contributed by atoms with Crippen LogP contribution < -0.4 is 5.73 Å². The van der Waals surface area contributed by atoms with Crippen LogP contribution in [0.4, 0.5) is 0 Å². The molecule has 0 unspecified atom stereocenters. The van der Waals surface area contributed by atoms with E-state index in [2.05, 4.69) is 26.9 Å². The molecule has 1 aromatic heterocycles. The highest BCUT2D eigenvalue weighted by molar-refractivity contribution is 5.85. The lowest BCUT2D eigenvalue weighted by Crippen LogP contribution is -2.46. The topological polar surface area (TPSA) is 71.4 Å². The van der Waals surface area contributed by atoms with Crippen LogP contribution in [0, 0.1) is 0 Å². The lowest BCUT2D eigenvalue weighted by atomic mass is 10.1. The molecule has 3 rings (SSSR count). The second-order valence-electron chi connectivity index (χ2n) is 5.94. The maximum Gasteiger partial charge on any atom is 0.228 e. The first-order chi connectivity index (χ1) is 11.3. The Morgan fingerprint density at radius 2 is 1.75 bits per heavy atom. The first-order valence-electron chi connectivity index (χ1n) is 8.35. The minimum absolute atomic E-state index is 0. The Morgan fingerprint density at radius 3 is 2.38 bits per heavy atom. The molecule has 0 radical (unpaired) electrons. The van der Waals surface area contributed by atoms with Crippen LogP contribution >= 0.6 is 12.4 Å². The van der Waals surface area contributed by atoms with Gasteiger partial charge in [0.25, 0.3) is 0 Å². The molecule has 0 bridgehead atoms. The third-order valence-corrected chi connectivity index (χ3v) is 4.47. The summed E-state index contributed by atoms with van der Waals surface area (Å²) >= 11 is 0. The van der Waals surface area contributed by atoms with Crippen LogP contribution in [0.15, 0.2) is 28.8 Å². The van der Waals surface area contributed by atoms with E-state index in [-0.39, 0.29) is 12.4 Å². The number of likely N-dealkylation sites (N-methyl/N-ethyl adjacent to an activating group) is 1. The number of nitrogens with zero attached hydrogens (tertiary/aromatic N) is 4. The molecule has 0 saturated carbocycles. The van der Waals surface area contributed by atoms with E-state index < -0.39 is 0 Å². The molecule has 1 saturated heterocycles. The van der Waals surface area contributed by atoms with Crippen LogP contribution in [0.3, 0.4) is 0 Å². The fourth-order valence-electron chi connectivity index (χ4n) is 2.85. The average molecular weight is 352 g/mol. The van der Waals surface area contributed by atoms with Gasteiger partial charge >= 0.3 is 0 Å². The standard InChI is InChI=1S/C17H25N5O.ClH/c1-2-21-9-11-22(12-10-21)8-7-16-19-17(20-23-16)15-5-3-14(13-18)4-6-15;/h3-6H,2,7-13,18H2,1H3;1H. The molecule has 1 aromatic carbocycles. The number of piperazine rings is 1. The van der Waals surface area contributed by atoms with Crippen molar-refractivity contribution in [3.05, 3.63) is 35.7 Å². The predicted octanol–water partition coefficient (Wildman–Crippen LogP) is 1.80. The summed E-state index contributed by atoms with van der Waals surface area (Å²) in [5, 5.41) is 4.09. The van der Waals surface area contributed by atoms with Crippen molar-refractivity contribution in [3.63, 3.8) is 0 Å². The van der Waals surface area contributed by atoms with Crippen molar-refractivity contribution >= 4 is 12.4 Å². The van der Waals surface area contributed by atoms with Crippen molar-refractivity contribution in [2.24, 2.45) is 5.73 Å². The van der Waals surface area contributed by atoms with Gasteiger partial charge in [0.15, 0.2) is 0 Å². The van der Waals surface area contributed by atoms with E-state index in [9.17, 15) is 0 Å². The number of nitrogens with two attached hydrogens (primary N) is 1. The van der Waals surface area contributed by atoms with Crippen molar-refractivity contribution in [1.29, 1.82) is 0 Å². The van der Waals surface area contributed by atoms with Gasteiger partial charge < -0.3 is 20.1 Å². The Morgan fingerprint density at radius 1 is 1.08 bits per heavy atom. The maximum atomic E-state index is 5.61. The van der Waals surface area contributed by atoms with Crippen LogP contribution in [-0.2, 0) is 13.0 Å². The Kier molecular flexibility index (Phi) is 7.17. The first kappa shape index (κ1) is 18.9. The highest BCUT2D eigenvalue weighted by Gasteiger charge is 2.16. The molecular weight excluding hydrogens is 326 g/mol. The number of aromatic nitrogens is 2. The number of hydrogen-bond donors (Lipinski definition) is 1. The zero-order valence-corrected chi connectivity index (χ0v) is 15.0. The van der Waals surface area contributed by atoms with E-state index in [4.69, 9.17) is 10.3 Å². The lowest BCUT2D eigenvalue weighted by molar-refractivity contribution is 0.136. The van der Waals surface area contributed by atoms with E-state index in [1.807, 2.05) is 24.3 Å². The summed E-state index contributed by atoms with van der Waals surface area (Å²) in [5.74, 6) is 1.36. The minimum Gasteiger partial charge on any atom is -0.339 e. The molecule has 0 spiro atoms. The second kappa shape index (κ2) is 9.13. The summed E-state index contributed by atoms with van der Waals surface area (Å²) in [6.45, 7) is 9.43. The number of rotatable bonds is 6. The molecular formula is C17H26ClN5O. The summed E-state index contributed by atoms with van der Waals surface area (Å²) in [7, 11) is 0. The maximum absolute atomic E-state index is 5.61. The molecule has 0 aliphatic carbocycles. The molecule has 24 heavy (non-hydrogen) atoms. The van der Waals surface area contributed by atoms with Gasteiger partial charge in [0.1, 0.15) is 0 Å². The highest BCUT2D eigenvalue weighted by Crippen LogP contribution is 2.17. The van der Waals surface area contributed by atoms with E-state index >= 15 is 0 Å². The van der Waals surface area contributed by atoms with Gasteiger partial charge in [0.2, 0.25) is 11.7 Å². The van der Waals surface area contributed by atoms with Gasteiger partial charge in [0, 0.05) is 51.3 Å². The van der Waals surface area contributed by atoms with Crippen LogP contribution in [-0.4, -0.2) is 59.2 Å². The average Bonchev–Trinajstić information content (AvgIpc) is 3.09. The predicted molar refractivity (Wildman–Crippen MR) is 97.1 cm³/mol. The lowest BCUT2D eigenvalue weighted by Gasteiger charge is -2.33. The third kappa shape index (κ3) is 4.77. The van der Waals surface area contributed by atoms with Gasteiger partial charge in [-0.05, 0) is 12.1 Å². The number of halogens is 1. The summed E-state index contributed by atoms with van der Waals surface area (Å²) in [5.41, 5.74) is 7.68. The first-order valence-corrected chi connectivity index (χ1v) is 8.35. The quantitative estimate of drug-likeness (QED) is 0.855. The smallest absolute Gasteiger partial charge is 0.228 e. The third-order valence-electron chi connectivity index (χ3n) is 4.47. The molecule has 2 heterocycles. The van der Waals surface area contributed by atoms with Crippen molar-refractivity contribution in [2.75, 3.05) is 39.3 Å². The van der Waals surface area contributed by atoms with Crippen molar-refractivity contribution < 1.29 is 4.52 Å². The molecule has 1 fully saturated rings. The van der Waals surface area contributed by atoms with E-state index in [0.717, 1.165) is 56.8 Å². The Labute approximate surface area is 149 Å². The molecule has 1 aliphatic rings. The summed E-state index contributed by atoms with van der Waals surface area (Å²) < 4.78 is 5.39. The van der Waals surface area contributed by atoms with Crippen molar-refractivity contribution in [3.8, 4) is 11.4 Å². The zero-order chi connectivity index (χ0) is 16.1. The van der Waals surface area contributed by atoms with E-state index in [1.165, 1.54) is 0 Å². The van der Waals surface area contributed by atoms with Gasteiger partial charge in [-0.2, -0.15) is 4.98 Å². The Hall–Kier alpha value is -1.47. The second-order valence-corrected chi connectivity index (χ2v) is 5.94. The number of benzene rings is 1. The number of hydrogen-bond acceptors (Lipinski definition) is 6. The molecule has 7 heteroatoms. The highest BCUT2D eigenvalue weighted by atomic mass is 35.5. The minimum atomic E-state index is 0. The Balaban J connectivity index is 0.00000208. The SMILES string of the molecule is CCN1CCN(CCc2nc(-c3ccc(CN)cc3)no2)CC1.Cl. The monoisotopic (exact) mass is 351 g/mol. The van der Waals surface area contributed by atoms with Gasteiger partial charge in [-0.25, -0.2) is 0 Å². The molecule has 2 aromatic rings. The molecule has 1 aliphatic heterocycles. The van der Waals surface area contributed by atoms with Gasteiger partial charge in [-0.3, -0.25) is 0 Å². The fraction of sp³-hybridized carbons (Fsp3) is 0.529. The Bertz CT molecular complexity index is 608. The molecule has 6 nitrogen and oxygen atoms in total. The van der Waals surface area contributed by atoms with Gasteiger partial charge in [-0.1, -0.05) is 36.3 Å². The molecule has 132 valence electrons. The summed E-state index contributed by atoms with van der Waals surface area (Å²) in [6.07, 6.45) is 0.806. The van der Waals surface area contributed by atoms with Crippen LogP contribution in [0.25, 0.3) is 11.4 Å². The molecule has 2 N–H and O–H groups in total. The molecule has 0 amide bonds. The summed E-state index contributed by atoms with van der Waals surface area (Å²) in [4.78, 5) is 9.45. The fourth-order valence-corrected chi connectivity index (χ4v) is 2.85. The van der Waals surface area contributed by atoms with Crippen LogP contribution in [0.2, 0.25) is 0 Å².